The fourth-order valence-electron chi connectivity index (χ4n) is 4.40. The normalized spacial score (nSPS) is 14.5. The smallest absolute Gasteiger partial charge is 0.213 e. The van der Waals surface area contributed by atoms with Gasteiger partial charge < -0.3 is 4.74 Å². The van der Waals surface area contributed by atoms with Gasteiger partial charge in [-0.2, -0.15) is 4.57 Å². The number of nitrogens with zero attached hydrogens (tertiary/aromatic N) is 1. The topological polar surface area (TPSA) is 13.1 Å². The maximum absolute atomic E-state index is 5.69. The molecule has 1 fully saturated rings. The van der Waals surface area contributed by atoms with Crippen molar-refractivity contribution in [2.24, 2.45) is 0 Å². The molecule has 0 radical (unpaired) electrons. The van der Waals surface area contributed by atoms with Gasteiger partial charge in [0.2, 0.25) is 11.4 Å². The summed E-state index contributed by atoms with van der Waals surface area (Å²) in [5, 5.41) is 0. The summed E-state index contributed by atoms with van der Waals surface area (Å²) < 4.78 is 8.25. The van der Waals surface area contributed by atoms with E-state index < -0.39 is 0 Å². The maximum atomic E-state index is 5.69. The first kappa shape index (κ1) is 18.8. The van der Waals surface area contributed by atoms with Gasteiger partial charge in [0, 0.05) is 36.1 Å². The molecule has 0 spiro atoms. The van der Waals surface area contributed by atoms with E-state index in [9.17, 15) is 0 Å². The molecule has 148 valence electrons. The van der Waals surface area contributed by atoms with Gasteiger partial charge in [0.05, 0.1) is 13.2 Å². The van der Waals surface area contributed by atoms with Crippen molar-refractivity contribution >= 4 is 0 Å². The molecule has 3 aromatic carbocycles. The molecule has 0 unspecified atom stereocenters. The molecule has 0 N–H and O–H groups in total. The van der Waals surface area contributed by atoms with Crippen molar-refractivity contribution in [3.8, 4) is 33.6 Å². The Bertz CT molecular complexity index is 1040. The Kier molecular flexibility index (Phi) is 5.41. The summed E-state index contributed by atoms with van der Waals surface area (Å²) in [4.78, 5) is 0. The second-order valence-electron chi connectivity index (χ2n) is 7.83. The Labute approximate surface area is 178 Å². The Balaban J connectivity index is 1.80. The van der Waals surface area contributed by atoms with Gasteiger partial charge in [0.25, 0.3) is 0 Å². The molecule has 0 aliphatic carbocycles. The standard InChI is InChI=1S/C28H26NO/c1-4-10-22(11-5-1)25-20-27(23-12-6-2-7-13-23)29(26-16-18-30-19-17-26)28(21-25)24-14-8-3-9-15-24/h1-15,20-21,26H,16-19H2/q+1. The van der Waals surface area contributed by atoms with Gasteiger partial charge in [-0.25, -0.2) is 0 Å². The Morgan fingerprint density at radius 3 is 1.43 bits per heavy atom. The van der Waals surface area contributed by atoms with Crippen LogP contribution in [0.15, 0.2) is 103 Å². The van der Waals surface area contributed by atoms with Crippen LogP contribution in [0.5, 0.6) is 0 Å². The molecule has 1 aliphatic rings. The molecule has 0 bridgehead atoms. The molecule has 0 atom stereocenters. The molecule has 30 heavy (non-hydrogen) atoms. The van der Waals surface area contributed by atoms with E-state index in [0.29, 0.717) is 6.04 Å². The molecule has 0 saturated carbocycles. The van der Waals surface area contributed by atoms with E-state index in [4.69, 9.17) is 4.74 Å². The second-order valence-corrected chi connectivity index (χ2v) is 7.83. The molecule has 2 heteroatoms. The quantitative estimate of drug-likeness (QED) is 0.370. The van der Waals surface area contributed by atoms with Crippen LogP contribution >= 0.6 is 0 Å². The highest BCUT2D eigenvalue weighted by Crippen LogP contribution is 2.32. The summed E-state index contributed by atoms with van der Waals surface area (Å²) in [7, 11) is 0. The van der Waals surface area contributed by atoms with Gasteiger partial charge >= 0.3 is 0 Å². The van der Waals surface area contributed by atoms with Crippen LogP contribution < -0.4 is 4.57 Å². The summed E-state index contributed by atoms with van der Waals surface area (Å²) in [6, 6.07) is 37.4. The van der Waals surface area contributed by atoms with Crippen molar-refractivity contribution in [2.75, 3.05) is 13.2 Å². The lowest BCUT2D eigenvalue weighted by Crippen LogP contribution is -2.46. The average molecular weight is 393 g/mol. The number of ether oxygens (including phenoxy) is 1. The summed E-state index contributed by atoms with van der Waals surface area (Å²) in [5.41, 5.74) is 7.52. The lowest BCUT2D eigenvalue weighted by molar-refractivity contribution is -0.706. The molecule has 5 rings (SSSR count). The minimum absolute atomic E-state index is 0.425. The number of pyridine rings is 1. The van der Waals surface area contributed by atoms with E-state index in [1.54, 1.807) is 0 Å². The predicted octanol–water partition coefficient (Wildman–Crippen LogP) is 6.33. The minimum atomic E-state index is 0.425. The summed E-state index contributed by atoms with van der Waals surface area (Å²) in [6.07, 6.45) is 2.07. The second kappa shape index (κ2) is 8.64. The van der Waals surface area contributed by atoms with Gasteiger partial charge in [-0.15, -0.1) is 0 Å². The lowest BCUT2D eigenvalue weighted by Gasteiger charge is -2.23. The summed E-state index contributed by atoms with van der Waals surface area (Å²) in [5.74, 6) is 0. The van der Waals surface area contributed by atoms with Crippen LogP contribution in [0.2, 0.25) is 0 Å². The highest BCUT2D eigenvalue weighted by molar-refractivity contribution is 5.73. The van der Waals surface area contributed by atoms with E-state index in [1.807, 2.05) is 0 Å². The van der Waals surface area contributed by atoms with E-state index in [-0.39, 0.29) is 0 Å². The highest BCUT2D eigenvalue weighted by atomic mass is 16.5. The largest absolute Gasteiger partial charge is 0.381 e. The van der Waals surface area contributed by atoms with Crippen LogP contribution in [0, 0.1) is 0 Å². The molecule has 2 heterocycles. The molecular weight excluding hydrogens is 366 g/mol. The molecule has 0 amide bonds. The third-order valence-corrected chi connectivity index (χ3v) is 5.91. The van der Waals surface area contributed by atoms with Gasteiger partial charge in [0.15, 0.2) is 6.04 Å². The van der Waals surface area contributed by atoms with Crippen molar-refractivity contribution in [3.05, 3.63) is 103 Å². The molecule has 4 aromatic rings. The molecule has 1 aromatic heterocycles. The zero-order valence-corrected chi connectivity index (χ0v) is 17.1. The fourth-order valence-corrected chi connectivity index (χ4v) is 4.40. The minimum Gasteiger partial charge on any atom is -0.381 e. The molecule has 2 nitrogen and oxygen atoms in total. The Morgan fingerprint density at radius 1 is 0.533 bits per heavy atom. The number of hydrogen-bond donors (Lipinski definition) is 0. The average Bonchev–Trinajstić information content (AvgIpc) is 2.85. The SMILES string of the molecule is c1ccc(-c2cc(-c3ccccc3)[n+](C3CCOCC3)c(-c3ccccc3)c2)cc1. The van der Waals surface area contributed by atoms with Crippen LogP contribution in [-0.2, 0) is 4.74 Å². The number of benzene rings is 3. The van der Waals surface area contributed by atoms with Crippen molar-refractivity contribution < 1.29 is 9.30 Å². The van der Waals surface area contributed by atoms with Gasteiger partial charge in [-0.05, 0) is 35.4 Å². The third-order valence-electron chi connectivity index (χ3n) is 5.91. The van der Waals surface area contributed by atoms with Crippen molar-refractivity contribution in [1.82, 2.24) is 0 Å². The maximum Gasteiger partial charge on any atom is 0.213 e. The predicted molar refractivity (Wildman–Crippen MR) is 122 cm³/mol. The zero-order valence-electron chi connectivity index (χ0n) is 17.1. The monoisotopic (exact) mass is 392 g/mol. The fraction of sp³-hybridized carbons (Fsp3) is 0.179. The number of aromatic nitrogens is 1. The van der Waals surface area contributed by atoms with Crippen molar-refractivity contribution in [3.63, 3.8) is 0 Å². The van der Waals surface area contributed by atoms with Crippen LogP contribution in [0.3, 0.4) is 0 Å². The van der Waals surface area contributed by atoms with Crippen LogP contribution in [0.4, 0.5) is 0 Å². The van der Waals surface area contributed by atoms with Crippen LogP contribution in [0.25, 0.3) is 33.6 Å². The van der Waals surface area contributed by atoms with Crippen molar-refractivity contribution in [1.29, 1.82) is 0 Å². The van der Waals surface area contributed by atoms with Crippen LogP contribution in [-0.4, -0.2) is 13.2 Å². The Morgan fingerprint density at radius 2 is 0.967 bits per heavy atom. The summed E-state index contributed by atoms with van der Waals surface area (Å²) in [6.45, 7) is 1.64. The van der Waals surface area contributed by atoms with Gasteiger partial charge in [-0.3, -0.25) is 0 Å². The van der Waals surface area contributed by atoms with E-state index in [1.165, 1.54) is 33.6 Å². The third kappa shape index (κ3) is 3.79. The van der Waals surface area contributed by atoms with Gasteiger partial charge in [-0.1, -0.05) is 66.7 Å². The summed E-state index contributed by atoms with van der Waals surface area (Å²) >= 11 is 0. The van der Waals surface area contributed by atoms with E-state index >= 15 is 0 Å². The first-order chi connectivity index (χ1) is 14.9. The first-order valence-corrected chi connectivity index (χ1v) is 10.7. The molecule has 1 aliphatic heterocycles. The number of hydrogen-bond acceptors (Lipinski definition) is 1. The number of rotatable bonds is 4. The molecule has 1 saturated heterocycles. The van der Waals surface area contributed by atoms with E-state index in [2.05, 4.69) is 108 Å². The van der Waals surface area contributed by atoms with Crippen LogP contribution in [0.1, 0.15) is 18.9 Å². The highest BCUT2D eigenvalue weighted by Gasteiger charge is 2.31. The van der Waals surface area contributed by atoms with E-state index in [0.717, 1.165) is 26.1 Å². The zero-order chi connectivity index (χ0) is 20.2. The van der Waals surface area contributed by atoms with Crippen molar-refractivity contribution in [2.45, 2.75) is 18.9 Å². The Hall–Kier alpha value is -3.23. The molecular formula is C28H26NO+. The van der Waals surface area contributed by atoms with Gasteiger partial charge in [0.1, 0.15) is 0 Å². The lowest BCUT2D eigenvalue weighted by atomic mass is 9.96. The first-order valence-electron chi connectivity index (χ1n) is 10.7.